The maximum absolute atomic E-state index is 12.0. The third-order valence-corrected chi connectivity index (χ3v) is 3.10. The standard InChI is InChI=1S/C17H18O4/c1-4-13(18)12-8-5-6-9-14(12)21-16-11-7-10-15(19-2)17(16)20-3/h5-11H,4H2,1-3H3. The number of ether oxygens (including phenoxy) is 3. The lowest BCUT2D eigenvalue weighted by Crippen LogP contribution is -2.01. The SMILES string of the molecule is CCC(=O)c1ccccc1Oc1cccc(OC)c1OC. The summed E-state index contributed by atoms with van der Waals surface area (Å²) in [5.74, 6) is 2.13. The topological polar surface area (TPSA) is 44.8 Å². The molecule has 0 amide bonds. The number of benzene rings is 2. The number of ketones is 1. The van der Waals surface area contributed by atoms with Crippen molar-refractivity contribution in [2.45, 2.75) is 13.3 Å². The molecule has 0 aliphatic carbocycles. The van der Waals surface area contributed by atoms with E-state index in [1.165, 1.54) is 0 Å². The molecule has 0 spiro atoms. The van der Waals surface area contributed by atoms with Crippen molar-refractivity contribution in [2.75, 3.05) is 14.2 Å². The van der Waals surface area contributed by atoms with Gasteiger partial charge in [0, 0.05) is 6.42 Å². The Hall–Kier alpha value is -2.49. The molecule has 4 heteroatoms. The van der Waals surface area contributed by atoms with Crippen molar-refractivity contribution in [1.82, 2.24) is 0 Å². The van der Waals surface area contributed by atoms with Crippen molar-refractivity contribution in [3.8, 4) is 23.0 Å². The third-order valence-electron chi connectivity index (χ3n) is 3.10. The van der Waals surface area contributed by atoms with Gasteiger partial charge in [0.15, 0.2) is 17.3 Å². The first kappa shape index (κ1) is 14.9. The summed E-state index contributed by atoms with van der Waals surface area (Å²) in [6, 6.07) is 12.5. The summed E-state index contributed by atoms with van der Waals surface area (Å²) < 4.78 is 16.4. The van der Waals surface area contributed by atoms with Crippen molar-refractivity contribution < 1.29 is 19.0 Å². The van der Waals surface area contributed by atoms with Crippen molar-refractivity contribution in [3.05, 3.63) is 48.0 Å². The Morgan fingerprint density at radius 1 is 0.905 bits per heavy atom. The monoisotopic (exact) mass is 286 g/mol. The minimum absolute atomic E-state index is 0.0347. The number of hydrogen-bond donors (Lipinski definition) is 0. The Labute approximate surface area is 124 Å². The van der Waals surface area contributed by atoms with Crippen LogP contribution in [-0.4, -0.2) is 20.0 Å². The van der Waals surface area contributed by atoms with Crippen molar-refractivity contribution in [2.24, 2.45) is 0 Å². The van der Waals surface area contributed by atoms with Crippen LogP contribution >= 0.6 is 0 Å². The highest BCUT2D eigenvalue weighted by Crippen LogP contribution is 2.39. The van der Waals surface area contributed by atoms with Gasteiger partial charge in [-0.3, -0.25) is 4.79 Å². The van der Waals surface area contributed by atoms with Crippen molar-refractivity contribution in [3.63, 3.8) is 0 Å². The van der Waals surface area contributed by atoms with E-state index >= 15 is 0 Å². The minimum Gasteiger partial charge on any atom is -0.493 e. The average Bonchev–Trinajstić information content (AvgIpc) is 2.54. The lowest BCUT2D eigenvalue weighted by Gasteiger charge is -2.14. The summed E-state index contributed by atoms with van der Waals surface area (Å²) in [5.41, 5.74) is 0.560. The molecule has 2 aromatic carbocycles. The third kappa shape index (κ3) is 3.16. The largest absolute Gasteiger partial charge is 0.493 e. The lowest BCUT2D eigenvalue weighted by molar-refractivity contribution is 0.0986. The van der Waals surface area contributed by atoms with Gasteiger partial charge in [0.1, 0.15) is 5.75 Å². The van der Waals surface area contributed by atoms with Gasteiger partial charge in [0.2, 0.25) is 5.75 Å². The van der Waals surface area contributed by atoms with E-state index in [0.717, 1.165) is 0 Å². The highest BCUT2D eigenvalue weighted by Gasteiger charge is 2.15. The minimum atomic E-state index is 0.0347. The van der Waals surface area contributed by atoms with E-state index in [9.17, 15) is 4.79 Å². The predicted octanol–water partition coefficient (Wildman–Crippen LogP) is 4.09. The zero-order valence-corrected chi connectivity index (χ0v) is 12.4. The van der Waals surface area contributed by atoms with Crippen molar-refractivity contribution >= 4 is 5.78 Å². The van der Waals surface area contributed by atoms with E-state index in [4.69, 9.17) is 14.2 Å². The van der Waals surface area contributed by atoms with Crippen LogP contribution in [0.1, 0.15) is 23.7 Å². The first-order valence-electron chi connectivity index (χ1n) is 6.72. The molecule has 0 saturated heterocycles. The summed E-state index contributed by atoms with van der Waals surface area (Å²) in [7, 11) is 3.12. The molecule has 0 heterocycles. The van der Waals surface area contributed by atoms with Crippen LogP contribution in [0.5, 0.6) is 23.0 Å². The summed E-state index contributed by atoms with van der Waals surface area (Å²) in [6.45, 7) is 1.82. The fourth-order valence-electron chi connectivity index (χ4n) is 2.03. The Morgan fingerprint density at radius 3 is 2.24 bits per heavy atom. The molecule has 2 rings (SSSR count). The zero-order chi connectivity index (χ0) is 15.2. The van der Waals surface area contributed by atoms with Crippen LogP contribution in [-0.2, 0) is 0 Å². The van der Waals surface area contributed by atoms with Crippen LogP contribution in [0.15, 0.2) is 42.5 Å². The molecule has 0 aliphatic rings. The molecule has 110 valence electrons. The van der Waals surface area contributed by atoms with Gasteiger partial charge in [-0.15, -0.1) is 0 Å². The van der Waals surface area contributed by atoms with Gasteiger partial charge >= 0.3 is 0 Å². The van der Waals surface area contributed by atoms with Crippen LogP contribution < -0.4 is 14.2 Å². The van der Waals surface area contributed by atoms with Crippen LogP contribution in [0.3, 0.4) is 0 Å². The molecule has 0 atom stereocenters. The fraction of sp³-hybridized carbons (Fsp3) is 0.235. The Balaban J connectivity index is 2.41. The quantitative estimate of drug-likeness (QED) is 0.750. The highest BCUT2D eigenvalue weighted by atomic mass is 16.5. The molecule has 0 fully saturated rings. The molecule has 0 aromatic heterocycles. The number of carbonyl (C=O) groups excluding carboxylic acids is 1. The predicted molar refractivity (Wildman–Crippen MR) is 80.7 cm³/mol. The van der Waals surface area contributed by atoms with E-state index in [1.807, 2.05) is 19.1 Å². The molecule has 0 aliphatic heterocycles. The second kappa shape index (κ2) is 6.79. The molecule has 4 nitrogen and oxygen atoms in total. The summed E-state index contributed by atoms with van der Waals surface area (Å²) in [5, 5.41) is 0. The van der Waals surface area contributed by atoms with E-state index in [-0.39, 0.29) is 5.78 Å². The normalized spacial score (nSPS) is 10.0. The van der Waals surface area contributed by atoms with Gasteiger partial charge in [0.05, 0.1) is 19.8 Å². The van der Waals surface area contributed by atoms with Gasteiger partial charge in [-0.2, -0.15) is 0 Å². The van der Waals surface area contributed by atoms with Crippen LogP contribution in [0.25, 0.3) is 0 Å². The summed E-state index contributed by atoms with van der Waals surface area (Å²) >= 11 is 0. The first-order chi connectivity index (χ1) is 10.2. The molecule has 0 unspecified atom stereocenters. The van der Waals surface area contributed by atoms with E-state index in [0.29, 0.717) is 35.0 Å². The number of methoxy groups -OCH3 is 2. The summed E-state index contributed by atoms with van der Waals surface area (Å²) in [6.07, 6.45) is 0.426. The fourth-order valence-corrected chi connectivity index (χ4v) is 2.03. The molecular formula is C17H18O4. The van der Waals surface area contributed by atoms with Gasteiger partial charge in [-0.1, -0.05) is 25.1 Å². The van der Waals surface area contributed by atoms with Crippen molar-refractivity contribution in [1.29, 1.82) is 0 Å². The molecular weight excluding hydrogens is 268 g/mol. The molecule has 21 heavy (non-hydrogen) atoms. The van der Waals surface area contributed by atoms with Gasteiger partial charge in [-0.05, 0) is 24.3 Å². The second-order valence-corrected chi connectivity index (χ2v) is 4.37. The van der Waals surface area contributed by atoms with Crippen LogP contribution in [0.4, 0.5) is 0 Å². The second-order valence-electron chi connectivity index (χ2n) is 4.37. The number of rotatable bonds is 6. The Bertz CT molecular complexity index is 634. The number of Topliss-reactive ketones (excluding diaryl/α,β-unsaturated/α-hetero) is 1. The zero-order valence-electron chi connectivity index (χ0n) is 12.4. The molecule has 2 aromatic rings. The maximum atomic E-state index is 12.0. The van der Waals surface area contributed by atoms with E-state index in [2.05, 4.69) is 0 Å². The maximum Gasteiger partial charge on any atom is 0.203 e. The van der Waals surface area contributed by atoms with Crippen LogP contribution in [0, 0.1) is 0 Å². The Morgan fingerprint density at radius 2 is 1.57 bits per heavy atom. The number of hydrogen-bond acceptors (Lipinski definition) is 4. The van der Waals surface area contributed by atoms with Gasteiger partial charge in [-0.25, -0.2) is 0 Å². The van der Waals surface area contributed by atoms with Crippen LogP contribution in [0.2, 0.25) is 0 Å². The molecule has 0 N–H and O–H groups in total. The van der Waals surface area contributed by atoms with E-state index in [1.54, 1.807) is 44.6 Å². The molecule has 0 bridgehead atoms. The molecule has 0 saturated carbocycles. The Kier molecular flexibility index (Phi) is 4.82. The van der Waals surface area contributed by atoms with Gasteiger partial charge < -0.3 is 14.2 Å². The smallest absolute Gasteiger partial charge is 0.203 e. The average molecular weight is 286 g/mol. The first-order valence-corrected chi connectivity index (χ1v) is 6.72. The van der Waals surface area contributed by atoms with Gasteiger partial charge in [0.25, 0.3) is 0 Å². The number of para-hydroxylation sites is 2. The van der Waals surface area contributed by atoms with E-state index < -0.39 is 0 Å². The number of carbonyl (C=O) groups is 1. The summed E-state index contributed by atoms with van der Waals surface area (Å²) in [4.78, 5) is 12.0. The highest BCUT2D eigenvalue weighted by molar-refractivity contribution is 5.98. The lowest BCUT2D eigenvalue weighted by atomic mass is 10.1. The molecule has 0 radical (unpaired) electrons.